The minimum atomic E-state index is 0.182. The normalized spacial score (nSPS) is 41.2. The second-order valence-electron chi connectivity index (χ2n) is 5.48. The fraction of sp³-hybridized carbons (Fsp3) is 0.714. The maximum absolute atomic E-state index is 9.42. The predicted octanol–water partition coefficient (Wildman–Crippen LogP) is 3.16. The minimum absolute atomic E-state index is 0.182. The molecule has 0 amide bonds. The molecule has 1 saturated carbocycles. The van der Waals surface area contributed by atoms with Gasteiger partial charge in [-0.3, -0.25) is 0 Å². The summed E-state index contributed by atoms with van der Waals surface area (Å²) in [5.74, 6) is 1.99. The van der Waals surface area contributed by atoms with Gasteiger partial charge in [0.05, 0.1) is 0 Å². The van der Waals surface area contributed by atoms with Gasteiger partial charge in [0.15, 0.2) is 0 Å². The number of aliphatic hydroxyl groups is 1. The Kier molecular flexibility index (Phi) is 2.76. The highest BCUT2D eigenvalue weighted by Gasteiger charge is 2.59. The molecular formula is C14H22O. The highest BCUT2D eigenvalue weighted by Crippen LogP contribution is 2.62. The van der Waals surface area contributed by atoms with Crippen LogP contribution in [0, 0.1) is 23.2 Å². The van der Waals surface area contributed by atoms with Crippen LogP contribution in [0.3, 0.4) is 0 Å². The zero-order chi connectivity index (χ0) is 11.1. The van der Waals surface area contributed by atoms with Gasteiger partial charge in [-0.1, -0.05) is 44.6 Å². The van der Waals surface area contributed by atoms with Crippen LogP contribution in [0.1, 0.15) is 33.6 Å². The fourth-order valence-electron chi connectivity index (χ4n) is 3.32. The smallest absolute Gasteiger partial charge is 0.0490 e. The first-order valence-electron chi connectivity index (χ1n) is 6.07. The average Bonchev–Trinajstić information content (AvgIpc) is 2.83. The van der Waals surface area contributed by atoms with E-state index in [2.05, 4.69) is 39.0 Å². The van der Waals surface area contributed by atoms with Crippen LogP contribution in [0.25, 0.3) is 0 Å². The van der Waals surface area contributed by atoms with E-state index < -0.39 is 0 Å². The van der Waals surface area contributed by atoms with Crippen LogP contribution >= 0.6 is 0 Å². The highest BCUT2D eigenvalue weighted by molar-refractivity contribution is 5.24. The summed E-state index contributed by atoms with van der Waals surface area (Å²) in [6, 6.07) is 0. The summed E-state index contributed by atoms with van der Waals surface area (Å²) in [6.45, 7) is 7.16. The lowest BCUT2D eigenvalue weighted by atomic mass is 9.86. The van der Waals surface area contributed by atoms with Crippen molar-refractivity contribution in [3.05, 3.63) is 23.8 Å². The topological polar surface area (TPSA) is 20.2 Å². The first kappa shape index (κ1) is 10.9. The Morgan fingerprint density at radius 3 is 2.80 bits per heavy atom. The standard InChI is InChI=1S/C14H22O/c1-10(12-7-5-4-6-8-12)13-11(2)14(13,3)9-15/h4-5,7,10-11,13,15H,6,8-9H2,1-3H3/t10-,11-,13+,14?/m0/s1. The molecule has 0 heterocycles. The average molecular weight is 206 g/mol. The SMILES string of the molecule is C[C@@H](C1=CC=CCC1)[C@@H]1[C@H](C)C1(C)CO. The molecule has 1 N–H and O–H groups in total. The first-order valence-corrected chi connectivity index (χ1v) is 6.07. The lowest BCUT2D eigenvalue weighted by molar-refractivity contribution is 0.198. The molecule has 15 heavy (non-hydrogen) atoms. The molecule has 1 nitrogen and oxygen atoms in total. The van der Waals surface area contributed by atoms with E-state index in [4.69, 9.17) is 0 Å². The molecule has 0 saturated heterocycles. The van der Waals surface area contributed by atoms with Gasteiger partial charge >= 0.3 is 0 Å². The van der Waals surface area contributed by atoms with Crippen molar-refractivity contribution in [1.29, 1.82) is 0 Å². The number of rotatable bonds is 3. The van der Waals surface area contributed by atoms with E-state index in [0.29, 0.717) is 24.4 Å². The summed E-state index contributed by atoms with van der Waals surface area (Å²) >= 11 is 0. The van der Waals surface area contributed by atoms with Crippen molar-refractivity contribution in [3.63, 3.8) is 0 Å². The van der Waals surface area contributed by atoms with Gasteiger partial charge in [0.1, 0.15) is 0 Å². The van der Waals surface area contributed by atoms with Gasteiger partial charge in [0.2, 0.25) is 0 Å². The van der Waals surface area contributed by atoms with E-state index in [-0.39, 0.29) is 5.41 Å². The minimum Gasteiger partial charge on any atom is -0.396 e. The van der Waals surface area contributed by atoms with Gasteiger partial charge in [-0.05, 0) is 36.0 Å². The zero-order valence-corrected chi connectivity index (χ0v) is 10.0. The van der Waals surface area contributed by atoms with Crippen molar-refractivity contribution in [3.8, 4) is 0 Å². The van der Waals surface area contributed by atoms with Crippen molar-refractivity contribution < 1.29 is 5.11 Å². The van der Waals surface area contributed by atoms with Crippen molar-refractivity contribution in [2.24, 2.45) is 23.2 Å². The Bertz CT molecular complexity index is 302. The van der Waals surface area contributed by atoms with Crippen LogP contribution in [0.2, 0.25) is 0 Å². The molecular weight excluding hydrogens is 184 g/mol. The number of hydrogen-bond donors (Lipinski definition) is 1. The monoisotopic (exact) mass is 206 g/mol. The Balaban J connectivity index is 2.07. The lowest BCUT2D eigenvalue weighted by Crippen LogP contribution is -2.12. The second kappa shape index (κ2) is 3.79. The molecule has 0 aromatic carbocycles. The third-order valence-corrected chi connectivity index (χ3v) is 4.74. The van der Waals surface area contributed by atoms with E-state index in [9.17, 15) is 5.11 Å². The van der Waals surface area contributed by atoms with Gasteiger partial charge in [-0.2, -0.15) is 0 Å². The molecule has 1 fully saturated rings. The van der Waals surface area contributed by atoms with Gasteiger partial charge < -0.3 is 5.11 Å². The molecule has 0 radical (unpaired) electrons. The summed E-state index contributed by atoms with van der Waals surface area (Å²) in [5.41, 5.74) is 1.76. The van der Waals surface area contributed by atoms with Crippen molar-refractivity contribution >= 4 is 0 Å². The van der Waals surface area contributed by atoms with Crippen LogP contribution in [-0.4, -0.2) is 11.7 Å². The molecule has 4 atom stereocenters. The largest absolute Gasteiger partial charge is 0.396 e. The van der Waals surface area contributed by atoms with E-state index in [1.807, 2.05) is 0 Å². The van der Waals surface area contributed by atoms with Crippen LogP contribution < -0.4 is 0 Å². The molecule has 0 aliphatic heterocycles. The maximum atomic E-state index is 9.42. The van der Waals surface area contributed by atoms with Crippen LogP contribution in [0.4, 0.5) is 0 Å². The number of allylic oxidation sites excluding steroid dienone is 4. The van der Waals surface area contributed by atoms with Gasteiger partial charge in [-0.15, -0.1) is 0 Å². The molecule has 0 spiro atoms. The first-order chi connectivity index (χ1) is 7.11. The fourth-order valence-corrected chi connectivity index (χ4v) is 3.32. The maximum Gasteiger partial charge on any atom is 0.0490 e. The number of aliphatic hydroxyl groups excluding tert-OH is 1. The van der Waals surface area contributed by atoms with Crippen LogP contribution in [0.15, 0.2) is 23.8 Å². The Morgan fingerprint density at radius 1 is 1.60 bits per heavy atom. The Labute approximate surface area is 92.9 Å². The van der Waals surface area contributed by atoms with Gasteiger partial charge in [-0.25, -0.2) is 0 Å². The summed E-state index contributed by atoms with van der Waals surface area (Å²) in [5, 5.41) is 9.42. The van der Waals surface area contributed by atoms with Gasteiger partial charge in [0.25, 0.3) is 0 Å². The lowest BCUT2D eigenvalue weighted by Gasteiger charge is -2.19. The highest BCUT2D eigenvalue weighted by atomic mass is 16.3. The van der Waals surface area contributed by atoms with Gasteiger partial charge in [0, 0.05) is 6.61 Å². The van der Waals surface area contributed by atoms with Crippen molar-refractivity contribution in [2.45, 2.75) is 33.6 Å². The van der Waals surface area contributed by atoms with E-state index in [1.165, 1.54) is 12.8 Å². The van der Waals surface area contributed by atoms with E-state index >= 15 is 0 Å². The quantitative estimate of drug-likeness (QED) is 0.752. The second-order valence-corrected chi connectivity index (χ2v) is 5.48. The summed E-state index contributed by atoms with van der Waals surface area (Å²) in [4.78, 5) is 0. The van der Waals surface area contributed by atoms with Crippen molar-refractivity contribution in [2.75, 3.05) is 6.61 Å². The third kappa shape index (κ3) is 1.67. The summed E-state index contributed by atoms with van der Waals surface area (Å²) < 4.78 is 0. The molecule has 0 aromatic rings. The predicted molar refractivity (Wildman–Crippen MR) is 63.5 cm³/mol. The molecule has 1 heteroatoms. The van der Waals surface area contributed by atoms with E-state index in [1.54, 1.807) is 5.57 Å². The third-order valence-electron chi connectivity index (χ3n) is 4.74. The van der Waals surface area contributed by atoms with Crippen LogP contribution in [-0.2, 0) is 0 Å². The molecule has 2 aliphatic rings. The summed E-state index contributed by atoms with van der Waals surface area (Å²) in [7, 11) is 0. The Morgan fingerprint density at radius 2 is 2.33 bits per heavy atom. The zero-order valence-electron chi connectivity index (χ0n) is 10.0. The van der Waals surface area contributed by atoms with E-state index in [0.717, 1.165) is 0 Å². The van der Waals surface area contributed by atoms with Crippen LogP contribution in [0.5, 0.6) is 0 Å². The molecule has 2 rings (SSSR count). The molecule has 2 aliphatic carbocycles. The number of hydrogen-bond acceptors (Lipinski definition) is 1. The Hall–Kier alpha value is -0.560. The molecule has 1 unspecified atom stereocenters. The molecule has 0 aromatic heterocycles. The van der Waals surface area contributed by atoms with Crippen molar-refractivity contribution in [1.82, 2.24) is 0 Å². The molecule has 0 bridgehead atoms. The molecule has 84 valence electrons. The summed E-state index contributed by atoms with van der Waals surface area (Å²) in [6.07, 6.45) is 9.09.